The Morgan fingerprint density at radius 1 is 1.28 bits per heavy atom. The lowest BCUT2D eigenvalue weighted by Crippen LogP contribution is -2.53. The largest absolute Gasteiger partial charge is 0.303 e. The van der Waals surface area contributed by atoms with Crippen molar-refractivity contribution in [2.45, 2.75) is 12.5 Å². The van der Waals surface area contributed by atoms with Crippen molar-refractivity contribution in [3.8, 4) is 0 Å². The van der Waals surface area contributed by atoms with E-state index in [0.717, 1.165) is 25.2 Å². The summed E-state index contributed by atoms with van der Waals surface area (Å²) in [6.45, 7) is 2.86. The topological polar surface area (TPSA) is 23.6 Å². The molecule has 1 unspecified atom stereocenters. The summed E-state index contributed by atoms with van der Waals surface area (Å²) in [5.41, 5.74) is 1.11. The SMILES string of the molecule is CN1CCN(C)C(C(=O)Cc2ccc(I)cc2)C1. The number of carbonyl (C=O) groups is 1. The van der Waals surface area contributed by atoms with Crippen LogP contribution in [0.2, 0.25) is 0 Å². The Morgan fingerprint density at radius 3 is 2.61 bits per heavy atom. The van der Waals surface area contributed by atoms with E-state index in [9.17, 15) is 4.79 Å². The van der Waals surface area contributed by atoms with Gasteiger partial charge in [-0.3, -0.25) is 9.69 Å². The van der Waals surface area contributed by atoms with Crippen LogP contribution in [0.4, 0.5) is 0 Å². The maximum atomic E-state index is 12.3. The van der Waals surface area contributed by atoms with E-state index in [4.69, 9.17) is 0 Å². The average molecular weight is 358 g/mol. The van der Waals surface area contributed by atoms with Crippen LogP contribution in [0, 0.1) is 3.57 Å². The molecule has 4 heteroatoms. The van der Waals surface area contributed by atoms with E-state index in [1.165, 1.54) is 3.57 Å². The number of benzene rings is 1. The van der Waals surface area contributed by atoms with Crippen molar-refractivity contribution in [1.29, 1.82) is 0 Å². The lowest BCUT2D eigenvalue weighted by Gasteiger charge is -2.36. The zero-order chi connectivity index (χ0) is 13.1. The van der Waals surface area contributed by atoms with Crippen molar-refractivity contribution in [2.75, 3.05) is 33.7 Å². The van der Waals surface area contributed by atoms with Crippen molar-refractivity contribution >= 4 is 28.4 Å². The number of hydrogen-bond acceptors (Lipinski definition) is 3. The van der Waals surface area contributed by atoms with Gasteiger partial charge in [0.1, 0.15) is 0 Å². The van der Waals surface area contributed by atoms with Crippen LogP contribution in [0.15, 0.2) is 24.3 Å². The minimum absolute atomic E-state index is 0.0445. The molecule has 18 heavy (non-hydrogen) atoms. The first kappa shape index (κ1) is 14.0. The highest BCUT2D eigenvalue weighted by Gasteiger charge is 2.27. The Morgan fingerprint density at radius 2 is 1.94 bits per heavy atom. The maximum Gasteiger partial charge on any atom is 0.155 e. The monoisotopic (exact) mass is 358 g/mol. The number of rotatable bonds is 3. The van der Waals surface area contributed by atoms with Gasteiger partial charge in [-0.2, -0.15) is 0 Å². The molecule has 1 aliphatic heterocycles. The van der Waals surface area contributed by atoms with Gasteiger partial charge in [0, 0.05) is 29.6 Å². The highest BCUT2D eigenvalue weighted by molar-refractivity contribution is 14.1. The van der Waals surface area contributed by atoms with Crippen molar-refractivity contribution < 1.29 is 4.79 Å². The van der Waals surface area contributed by atoms with Crippen molar-refractivity contribution in [2.24, 2.45) is 0 Å². The van der Waals surface area contributed by atoms with Gasteiger partial charge in [0.25, 0.3) is 0 Å². The molecule has 98 valence electrons. The Labute approximate surface area is 122 Å². The van der Waals surface area contributed by atoms with Gasteiger partial charge in [-0.1, -0.05) is 12.1 Å². The summed E-state index contributed by atoms with van der Waals surface area (Å²) in [5.74, 6) is 0.324. The summed E-state index contributed by atoms with van der Waals surface area (Å²) in [6.07, 6.45) is 0.541. The molecule has 0 N–H and O–H groups in total. The number of ketones is 1. The molecule has 1 aromatic rings. The third kappa shape index (κ3) is 3.52. The summed E-state index contributed by atoms with van der Waals surface area (Å²) < 4.78 is 1.21. The van der Waals surface area contributed by atoms with Gasteiger partial charge in [-0.25, -0.2) is 0 Å². The molecule has 1 aliphatic rings. The normalized spacial score (nSPS) is 22.1. The molecule has 1 saturated heterocycles. The summed E-state index contributed by atoms with van der Waals surface area (Å²) in [7, 11) is 4.13. The fourth-order valence-electron chi connectivity index (χ4n) is 2.28. The Hall–Kier alpha value is -0.460. The van der Waals surface area contributed by atoms with Gasteiger partial charge in [0.15, 0.2) is 5.78 Å². The molecule has 1 heterocycles. The molecular weight excluding hydrogens is 339 g/mol. The summed E-state index contributed by atoms with van der Waals surface area (Å²) in [5, 5.41) is 0. The van der Waals surface area contributed by atoms with E-state index in [1.807, 2.05) is 19.2 Å². The molecule has 0 spiro atoms. The van der Waals surface area contributed by atoms with Crippen LogP contribution in [0.1, 0.15) is 5.56 Å². The van der Waals surface area contributed by atoms with E-state index < -0.39 is 0 Å². The number of nitrogens with zero attached hydrogens (tertiary/aromatic N) is 2. The van der Waals surface area contributed by atoms with Gasteiger partial charge in [0.05, 0.1) is 6.04 Å². The lowest BCUT2D eigenvalue weighted by molar-refractivity contribution is -0.125. The van der Waals surface area contributed by atoms with Crippen molar-refractivity contribution in [1.82, 2.24) is 9.80 Å². The molecule has 0 aliphatic carbocycles. The molecule has 0 amide bonds. The van der Waals surface area contributed by atoms with E-state index in [0.29, 0.717) is 12.2 Å². The first-order chi connectivity index (χ1) is 8.56. The van der Waals surface area contributed by atoms with Gasteiger partial charge < -0.3 is 4.90 Å². The second-order valence-electron chi connectivity index (χ2n) is 5.03. The number of hydrogen-bond donors (Lipinski definition) is 0. The minimum atomic E-state index is 0.0445. The smallest absolute Gasteiger partial charge is 0.155 e. The Kier molecular flexibility index (Phi) is 4.75. The van der Waals surface area contributed by atoms with E-state index >= 15 is 0 Å². The molecular formula is C14H19IN2O. The van der Waals surface area contributed by atoms with Crippen LogP contribution in [-0.2, 0) is 11.2 Å². The molecule has 1 aromatic carbocycles. The first-order valence-electron chi connectivity index (χ1n) is 6.22. The fourth-order valence-corrected chi connectivity index (χ4v) is 2.64. The van der Waals surface area contributed by atoms with Crippen molar-refractivity contribution in [3.63, 3.8) is 0 Å². The van der Waals surface area contributed by atoms with Gasteiger partial charge in [-0.15, -0.1) is 0 Å². The van der Waals surface area contributed by atoms with Gasteiger partial charge in [-0.05, 0) is 54.4 Å². The third-order valence-electron chi connectivity index (χ3n) is 3.51. The highest BCUT2D eigenvalue weighted by Crippen LogP contribution is 2.12. The molecule has 0 saturated carbocycles. The number of Topliss-reactive ketones (excluding diaryl/α,β-unsaturated/α-hetero) is 1. The second kappa shape index (κ2) is 6.12. The van der Waals surface area contributed by atoms with Crippen LogP contribution in [0.5, 0.6) is 0 Å². The number of carbonyl (C=O) groups excluding carboxylic acids is 1. The number of halogens is 1. The standard InChI is InChI=1S/C14H19IN2O/c1-16-7-8-17(2)13(10-16)14(18)9-11-3-5-12(15)6-4-11/h3-6,13H,7-10H2,1-2H3. The van der Waals surface area contributed by atoms with E-state index in [2.05, 4.69) is 51.6 Å². The molecule has 1 atom stereocenters. The zero-order valence-corrected chi connectivity index (χ0v) is 13.1. The quantitative estimate of drug-likeness (QED) is 0.768. The maximum absolute atomic E-state index is 12.3. The van der Waals surface area contributed by atoms with Crippen LogP contribution in [-0.4, -0.2) is 55.4 Å². The van der Waals surface area contributed by atoms with Crippen LogP contribution >= 0.6 is 22.6 Å². The number of likely N-dealkylation sites (N-methyl/N-ethyl adjacent to an activating group) is 2. The summed E-state index contributed by atoms with van der Waals surface area (Å²) in [4.78, 5) is 16.7. The first-order valence-corrected chi connectivity index (χ1v) is 7.30. The Bertz CT molecular complexity index is 418. The number of piperazine rings is 1. The van der Waals surface area contributed by atoms with Crippen LogP contribution < -0.4 is 0 Å². The van der Waals surface area contributed by atoms with Gasteiger partial charge >= 0.3 is 0 Å². The molecule has 0 radical (unpaired) electrons. The summed E-state index contributed by atoms with van der Waals surface area (Å²) in [6, 6.07) is 8.25. The summed E-state index contributed by atoms with van der Waals surface area (Å²) >= 11 is 2.28. The van der Waals surface area contributed by atoms with Crippen LogP contribution in [0.3, 0.4) is 0 Å². The Balaban J connectivity index is 2.00. The van der Waals surface area contributed by atoms with Crippen LogP contribution in [0.25, 0.3) is 0 Å². The predicted molar refractivity (Wildman–Crippen MR) is 81.8 cm³/mol. The molecule has 1 fully saturated rings. The molecule has 3 nitrogen and oxygen atoms in total. The van der Waals surface area contributed by atoms with E-state index in [-0.39, 0.29) is 6.04 Å². The lowest BCUT2D eigenvalue weighted by atomic mass is 10.0. The minimum Gasteiger partial charge on any atom is -0.303 e. The fraction of sp³-hybridized carbons (Fsp3) is 0.500. The molecule has 0 bridgehead atoms. The highest BCUT2D eigenvalue weighted by atomic mass is 127. The second-order valence-corrected chi connectivity index (χ2v) is 6.27. The third-order valence-corrected chi connectivity index (χ3v) is 4.23. The molecule has 2 rings (SSSR count). The van der Waals surface area contributed by atoms with E-state index in [1.54, 1.807) is 0 Å². The zero-order valence-electron chi connectivity index (χ0n) is 10.9. The molecule has 0 aromatic heterocycles. The average Bonchev–Trinajstić information content (AvgIpc) is 2.35. The van der Waals surface area contributed by atoms with Gasteiger partial charge in [0.2, 0.25) is 0 Å². The van der Waals surface area contributed by atoms with Crippen molar-refractivity contribution in [3.05, 3.63) is 33.4 Å². The predicted octanol–water partition coefficient (Wildman–Crippen LogP) is 1.65.